The Kier molecular flexibility index (Phi) is 3.89. The highest BCUT2D eigenvalue weighted by Gasteiger charge is 2.16. The van der Waals surface area contributed by atoms with Gasteiger partial charge < -0.3 is 15.7 Å². The first-order valence-electron chi connectivity index (χ1n) is 6.06. The van der Waals surface area contributed by atoms with Crippen LogP contribution in [-0.4, -0.2) is 23.0 Å². The van der Waals surface area contributed by atoms with Crippen LogP contribution in [0.2, 0.25) is 0 Å². The van der Waals surface area contributed by atoms with Crippen molar-refractivity contribution in [3.05, 3.63) is 59.4 Å². The molecule has 2 rings (SSSR count). The number of halogens is 1. The van der Waals surface area contributed by atoms with Crippen LogP contribution in [0.3, 0.4) is 0 Å². The third-order valence-corrected chi connectivity index (χ3v) is 2.90. The quantitative estimate of drug-likeness (QED) is 0.844. The molecular weight excluding hydrogens is 259 g/mol. The minimum absolute atomic E-state index is 0.0624. The number of hydrogen-bond acceptors (Lipinski definition) is 3. The Bertz CT molecular complexity index is 644. The van der Waals surface area contributed by atoms with Crippen LogP contribution in [0.15, 0.2) is 42.5 Å². The third-order valence-electron chi connectivity index (χ3n) is 2.90. The summed E-state index contributed by atoms with van der Waals surface area (Å²) in [5.74, 6) is -0.941. The smallest absolute Gasteiger partial charge is 0.256 e. The van der Waals surface area contributed by atoms with Crippen LogP contribution >= 0.6 is 0 Å². The summed E-state index contributed by atoms with van der Waals surface area (Å²) in [5, 5.41) is 9.38. The van der Waals surface area contributed by atoms with Crippen molar-refractivity contribution in [3.8, 4) is 5.75 Å². The molecule has 0 spiro atoms. The number of nitrogens with zero attached hydrogens (tertiary/aromatic N) is 1. The average molecular weight is 274 g/mol. The molecule has 2 aromatic carbocycles. The molecule has 0 bridgehead atoms. The zero-order valence-corrected chi connectivity index (χ0v) is 11.0. The molecule has 0 heterocycles. The Balaban J connectivity index is 2.18. The summed E-state index contributed by atoms with van der Waals surface area (Å²) >= 11 is 0. The number of anilines is 1. The highest BCUT2D eigenvalue weighted by atomic mass is 19.1. The molecule has 0 saturated carbocycles. The normalized spacial score (nSPS) is 10.3. The summed E-state index contributed by atoms with van der Waals surface area (Å²) in [5.41, 5.74) is 6.59. The second kappa shape index (κ2) is 5.61. The van der Waals surface area contributed by atoms with Crippen LogP contribution in [-0.2, 0) is 6.54 Å². The first kappa shape index (κ1) is 13.9. The Morgan fingerprint density at radius 2 is 2.05 bits per heavy atom. The van der Waals surface area contributed by atoms with Crippen molar-refractivity contribution in [2.45, 2.75) is 6.54 Å². The maximum atomic E-state index is 13.6. The van der Waals surface area contributed by atoms with E-state index in [0.29, 0.717) is 5.69 Å². The predicted octanol–water partition coefficient (Wildman–Crippen LogP) is 2.39. The van der Waals surface area contributed by atoms with E-state index >= 15 is 0 Å². The summed E-state index contributed by atoms with van der Waals surface area (Å²) in [7, 11) is 1.56. The van der Waals surface area contributed by atoms with E-state index in [2.05, 4.69) is 0 Å². The van der Waals surface area contributed by atoms with Gasteiger partial charge in [0.2, 0.25) is 0 Å². The lowest BCUT2D eigenvalue weighted by Gasteiger charge is -2.18. The number of aromatic hydroxyl groups is 1. The second-order valence-electron chi connectivity index (χ2n) is 4.57. The van der Waals surface area contributed by atoms with Crippen molar-refractivity contribution in [3.63, 3.8) is 0 Å². The van der Waals surface area contributed by atoms with Gasteiger partial charge in [-0.05, 0) is 35.9 Å². The molecular formula is C15H15FN2O2. The minimum atomic E-state index is -0.605. The average Bonchev–Trinajstić information content (AvgIpc) is 2.40. The van der Waals surface area contributed by atoms with E-state index in [9.17, 15) is 14.3 Å². The molecule has 20 heavy (non-hydrogen) atoms. The lowest BCUT2D eigenvalue weighted by Crippen LogP contribution is -2.27. The SMILES string of the molecule is CN(Cc1cccc(O)c1)C(=O)c1cc(N)ccc1F. The van der Waals surface area contributed by atoms with Crippen molar-refractivity contribution >= 4 is 11.6 Å². The van der Waals surface area contributed by atoms with Crippen LogP contribution in [0.4, 0.5) is 10.1 Å². The standard InChI is InChI=1S/C15H15FN2O2/c1-18(9-10-3-2-4-12(19)7-10)15(20)13-8-11(17)5-6-14(13)16/h2-8,19H,9,17H2,1H3. The van der Waals surface area contributed by atoms with E-state index < -0.39 is 11.7 Å². The molecule has 5 heteroatoms. The fourth-order valence-corrected chi connectivity index (χ4v) is 1.91. The molecule has 0 saturated heterocycles. The van der Waals surface area contributed by atoms with E-state index in [-0.39, 0.29) is 17.9 Å². The molecule has 0 aliphatic heterocycles. The fourth-order valence-electron chi connectivity index (χ4n) is 1.91. The minimum Gasteiger partial charge on any atom is -0.508 e. The van der Waals surface area contributed by atoms with Crippen LogP contribution in [0, 0.1) is 5.82 Å². The number of nitrogen functional groups attached to an aromatic ring is 1. The van der Waals surface area contributed by atoms with Gasteiger partial charge in [0.25, 0.3) is 5.91 Å². The van der Waals surface area contributed by atoms with Gasteiger partial charge in [-0.2, -0.15) is 0 Å². The molecule has 3 N–H and O–H groups in total. The number of phenolic OH excluding ortho intramolecular Hbond substituents is 1. The van der Waals surface area contributed by atoms with Gasteiger partial charge in [-0.15, -0.1) is 0 Å². The Morgan fingerprint density at radius 3 is 2.75 bits per heavy atom. The number of rotatable bonds is 3. The molecule has 0 aliphatic carbocycles. The molecule has 1 amide bonds. The Hall–Kier alpha value is -2.56. The summed E-state index contributed by atoms with van der Waals surface area (Å²) < 4.78 is 13.6. The van der Waals surface area contributed by atoms with E-state index in [1.54, 1.807) is 31.3 Å². The molecule has 0 aliphatic rings. The molecule has 0 aromatic heterocycles. The number of carbonyl (C=O) groups is 1. The molecule has 0 radical (unpaired) electrons. The third kappa shape index (κ3) is 3.06. The van der Waals surface area contributed by atoms with Crippen molar-refractivity contribution < 1.29 is 14.3 Å². The van der Waals surface area contributed by atoms with Gasteiger partial charge in [-0.25, -0.2) is 4.39 Å². The highest BCUT2D eigenvalue weighted by Crippen LogP contribution is 2.17. The zero-order chi connectivity index (χ0) is 14.7. The first-order valence-corrected chi connectivity index (χ1v) is 6.06. The van der Waals surface area contributed by atoms with Gasteiger partial charge in [0.1, 0.15) is 11.6 Å². The van der Waals surface area contributed by atoms with Gasteiger partial charge in [0, 0.05) is 19.3 Å². The zero-order valence-electron chi connectivity index (χ0n) is 11.0. The van der Waals surface area contributed by atoms with E-state index in [1.807, 2.05) is 0 Å². The molecule has 0 unspecified atom stereocenters. The van der Waals surface area contributed by atoms with Gasteiger partial charge in [-0.3, -0.25) is 4.79 Å². The fraction of sp³-hybridized carbons (Fsp3) is 0.133. The lowest BCUT2D eigenvalue weighted by molar-refractivity contribution is 0.0780. The summed E-state index contributed by atoms with van der Waals surface area (Å²) in [4.78, 5) is 13.5. The number of nitrogens with two attached hydrogens (primary N) is 1. The number of amides is 1. The van der Waals surface area contributed by atoms with Gasteiger partial charge in [0.05, 0.1) is 5.56 Å². The summed E-state index contributed by atoms with van der Waals surface area (Å²) in [6.45, 7) is 0.265. The topological polar surface area (TPSA) is 66.6 Å². The number of phenols is 1. The van der Waals surface area contributed by atoms with E-state index in [4.69, 9.17) is 5.73 Å². The van der Waals surface area contributed by atoms with Crippen LogP contribution < -0.4 is 5.73 Å². The predicted molar refractivity (Wildman–Crippen MR) is 74.7 cm³/mol. The second-order valence-corrected chi connectivity index (χ2v) is 4.57. The molecule has 4 nitrogen and oxygen atoms in total. The van der Waals surface area contributed by atoms with Gasteiger partial charge in [0.15, 0.2) is 0 Å². The van der Waals surface area contributed by atoms with Crippen LogP contribution in [0.1, 0.15) is 15.9 Å². The molecule has 0 atom stereocenters. The van der Waals surface area contributed by atoms with E-state index in [0.717, 1.165) is 5.56 Å². The molecule has 0 fully saturated rings. The van der Waals surface area contributed by atoms with Crippen LogP contribution in [0.25, 0.3) is 0 Å². The maximum Gasteiger partial charge on any atom is 0.256 e. The van der Waals surface area contributed by atoms with Gasteiger partial charge in [-0.1, -0.05) is 12.1 Å². The largest absolute Gasteiger partial charge is 0.508 e. The summed E-state index contributed by atoms with van der Waals surface area (Å²) in [6.07, 6.45) is 0. The number of benzene rings is 2. The van der Waals surface area contributed by atoms with Crippen LogP contribution in [0.5, 0.6) is 5.75 Å². The monoisotopic (exact) mass is 274 g/mol. The lowest BCUT2D eigenvalue weighted by atomic mass is 10.1. The molecule has 2 aromatic rings. The molecule has 104 valence electrons. The van der Waals surface area contributed by atoms with Crippen molar-refractivity contribution in [1.82, 2.24) is 4.90 Å². The Morgan fingerprint density at radius 1 is 1.30 bits per heavy atom. The number of hydrogen-bond donors (Lipinski definition) is 2. The highest BCUT2D eigenvalue weighted by molar-refractivity contribution is 5.95. The van der Waals surface area contributed by atoms with Crippen molar-refractivity contribution in [2.75, 3.05) is 12.8 Å². The van der Waals surface area contributed by atoms with Crippen molar-refractivity contribution in [2.24, 2.45) is 0 Å². The summed E-state index contributed by atoms with van der Waals surface area (Å²) in [6, 6.07) is 10.5. The number of carbonyl (C=O) groups excluding carboxylic acids is 1. The first-order chi connectivity index (χ1) is 9.47. The van der Waals surface area contributed by atoms with Crippen molar-refractivity contribution in [1.29, 1.82) is 0 Å². The van der Waals surface area contributed by atoms with Gasteiger partial charge >= 0.3 is 0 Å². The van der Waals surface area contributed by atoms with E-state index in [1.165, 1.54) is 23.1 Å². The Labute approximate surface area is 116 Å². The maximum absolute atomic E-state index is 13.6.